The zero-order valence-corrected chi connectivity index (χ0v) is 17.5. The molecule has 0 aliphatic heterocycles. The lowest BCUT2D eigenvalue weighted by atomic mass is 10.1. The van der Waals surface area contributed by atoms with Gasteiger partial charge in [-0.25, -0.2) is 9.97 Å². The highest BCUT2D eigenvalue weighted by Crippen LogP contribution is 2.31. The van der Waals surface area contributed by atoms with Gasteiger partial charge in [-0.2, -0.15) is 0 Å². The number of rotatable bonds is 8. The van der Waals surface area contributed by atoms with Gasteiger partial charge in [0.15, 0.2) is 11.5 Å². The van der Waals surface area contributed by atoms with Gasteiger partial charge in [-0.05, 0) is 41.8 Å². The summed E-state index contributed by atoms with van der Waals surface area (Å²) in [6.07, 6.45) is 4.46. The van der Waals surface area contributed by atoms with Crippen molar-refractivity contribution in [3.8, 4) is 17.3 Å². The average molecular weight is 416 g/mol. The van der Waals surface area contributed by atoms with Crippen LogP contribution in [0.4, 0.5) is 0 Å². The molecular weight excluding hydrogens is 392 g/mol. The zero-order valence-electron chi connectivity index (χ0n) is 17.5. The summed E-state index contributed by atoms with van der Waals surface area (Å²) < 4.78 is 12.7. The molecule has 0 spiro atoms. The lowest BCUT2D eigenvalue weighted by molar-refractivity contribution is -0.121. The minimum Gasteiger partial charge on any atom is -0.493 e. The Morgan fingerprint density at radius 1 is 1.00 bits per heavy atom. The number of aryl methyl sites for hydroxylation is 1. The van der Waals surface area contributed by atoms with E-state index >= 15 is 0 Å². The Bertz CT molecular complexity index is 1190. The number of pyridine rings is 1. The molecule has 4 rings (SSSR count). The highest BCUT2D eigenvalue weighted by molar-refractivity contribution is 5.77. The van der Waals surface area contributed by atoms with E-state index in [0.717, 1.165) is 28.0 Å². The van der Waals surface area contributed by atoms with E-state index in [1.54, 1.807) is 26.7 Å². The van der Waals surface area contributed by atoms with E-state index in [1.807, 2.05) is 59.2 Å². The number of hydrogen-bond donors (Lipinski definition) is 1. The monoisotopic (exact) mass is 416 g/mol. The molecule has 4 aromatic rings. The summed E-state index contributed by atoms with van der Waals surface area (Å²) in [7, 11) is 3.20. The Kier molecular flexibility index (Phi) is 6.12. The van der Waals surface area contributed by atoms with Crippen LogP contribution in [0.1, 0.15) is 17.5 Å². The molecule has 0 fully saturated rings. The molecule has 7 heteroatoms. The first-order valence-corrected chi connectivity index (χ1v) is 10.0. The summed E-state index contributed by atoms with van der Waals surface area (Å²) in [6.45, 7) is 0.423. The number of para-hydroxylation sites is 3. The van der Waals surface area contributed by atoms with Gasteiger partial charge in [0.2, 0.25) is 5.91 Å². The molecule has 1 N–H and O–H groups in total. The molecule has 0 radical (unpaired) electrons. The van der Waals surface area contributed by atoms with E-state index in [2.05, 4.69) is 15.3 Å². The van der Waals surface area contributed by atoms with Crippen LogP contribution in [0.25, 0.3) is 16.9 Å². The molecule has 0 atom stereocenters. The standard InChI is InChI=1S/C24H24N4O3/c1-30-21-9-5-6-18(24(21)31-2)11-13-23(29)26-15-17-10-12-22(25-14-17)28-16-27-19-7-3-4-8-20(19)28/h3-10,12,14,16H,11,13,15H2,1-2H3,(H,26,29). The number of benzene rings is 2. The van der Waals surface area contributed by atoms with Gasteiger partial charge in [-0.1, -0.05) is 30.3 Å². The molecule has 0 unspecified atom stereocenters. The van der Waals surface area contributed by atoms with Crippen LogP contribution in [0, 0.1) is 0 Å². The van der Waals surface area contributed by atoms with Crippen molar-refractivity contribution in [3.05, 3.63) is 78.2 Å². The molecule has 2 aromatic carbocycles. The largest absolute Gasteiger partial charge is 0.493 e. The van der Waals surface area contributed by atoms with E-state index in [-0.39, 0.29) is 5.91 Å². The number of nitrogens with zero attached hydrogens (tertiary/aromatic N) is 3. The smallest absolute Gasteiger partial charge is 0.220 e. The van der Waals surface area contributed by atoms with Crippen LogP contribution >= 0.6 is 0 Å². The second-order valence-electron chi connectivity index (χ2n) is 7.06. The molecule has 0 saturated carbocycles. The van der Waals surface area contributed by atoms with Crippen molar-refractivity contribution in [1.82, 2.24) is 19.9 Å². The number of methoxy groups -OCH3 is 2. The number of nitrogens with one attached hydrogen (secondary N) is 1. The zero-order chi connectivity index (χ0) is 21.6. The minimum atomic E-state index is -0.0328. The van der Waals surface area contributed by atoms with Gasteiger partial charge < -0.3 is 14.8 Å². The second kappa shape index (κ2) is 9.30. The number of fused-ring (bicyclic) bond motifs is 1. The van der Waals surface area contributed by atoms with Crippen molar-refractivity contribution in [3.63, 3.8) is 0 Å². The maximum Gasteiger partial charge on any atom is 0.220 e. The van der Waals surface area contributed by atoms with Crippen LogP contribution in [0.2, 0.25) is 0 Å². The Morgan fingerprint density at radius 2 is 1.87 bits per heavy atom. The number of amides is 1. The van der Waals surface area contributed by atoms with Crippen molar-refractivity contribution in [1.29, 1.82) is 0 Å². The van der Waals surface area contributed by atoms with Crippen molar-refractivity contribution >= 4 is 16.9 Å². The predicted molar refractivity (Wildman–Crippen MR) is 119 cm³/mol. The van der Waals surface area contributed by atoms with E-state index in [9.17, 15) is 4.79 Å². The number of aromatic nitrogens is 3. The first-order valence-electron chi connectivity index (χ1n) is 10.0. The quantitative estimate of drug-likeness (QED) is 0.474. The van der Waals surface area contributed by atoms with Gasteiger partial charge in [0.05, 0.1) is 25.3 Å². The molecular formula is C24H24N4O3. The van der Waals surface area contributed by atoms with Crippen molar-refractivity contribution < 1.29 is 14.3 Å². The molecule has 0 aliphatic carbocycles. The third kappa shape index (κ3) is 4.50. The maximum atomic E-state index is 12.3. The highest BCUT2D eigenvalue weighted by Gasteiger charge is 2.11. The fourth-order valence-electron chi connectivity index (χ4n) is 3.49. The first kappa shape index (κ1) is 20.4. The van der Waals surface area contributed by atoms with E-state index < -0.39 is 0 Å². The molecule has 2 heterocycles. The molecule has 7 nitrogen and oxygen atoms in total. The molecule has 0 aliphatic rings. The molecule has 31 heavy (non-hydrogen) atoms. The Labute approximate surface area is 180 Å². The molecule has 1 amide bonds. The number of ether oxygens (including phenoxy) is 2. The number of carbonyl (C=O) groups is 1. The van der Waals surface area contributed by atoms with Gasteiger partial charge in [0, 0.05) is 19.2 Å². The van der Waals surface area contributed by atoms with Gasteiger partial charge in [-0.3, -0.25) is 9.36 Å². The molecule has 0 bridgehead atoms. The predicted octanol–water partition coefficient (Wildman–Crippen LogP) is 3.69. The lowest BCUT2D eigenvalue weighted by Gasteiger charge is -2.12. The summed E-state index contributed by atoms with van der Waals surface area (Å²) >= 11 is 0. The SMILES string of the molecule is COc1cccc(CCC(=O)NCc2ccc(-n3cnc4ccccc43)nc2)c1OC. The number of hydrogen-bond acceptors (Lipinski definition) is 5. The highest BCUT2D eigenvalue weighted by atomic mass is 16.5. The van der Waals surface area contributed by atoms with Crippen LogP contribution in [-0.2, 0) is 17.8 Å². The molecule has 2 aromatic heterocycles. The summed E-state index contributed by atoms with van der Waals surface area (Å²) in [5.74, 6) is 2.09. The fraction of sp³-hybridized carbons (Fsp3) is 0.208. The summed E-state index contributed by atoms with van der Waals surface area (Å²) in [4.78, 5) is 21.2. The van der Waals surface area contributed by atoms with Crippen LogP contribution in [0.15, 0.2) is 67.1 Å². The summed E-state index contributed by atoms with van der Waals surface area (Å²) in [6, 6.07) is 17.5. The summed E-state index contributed by atoms with van der Waals surface area (Å²) in [5, 5.41) is 2.95. The van der Waals surface area contributed by atoms with E-state index in [0.29, 0.717) is 30.9 Å². The van der Waals surface area contributed by atoms with Crippen molar-refractivity contribution in [2.45, 2.75) is 19.4 Å². The minimum absolute atomic E-state index is 0.0328. The first-order chi connectivity index (χ1) is 15.2. The fourth-order valence-corrected chi connectivity index (χ4v) is 3.49. The van der Waals surface area contributed by atoms with E-state index in [4.69, 9.17) is 9.47 Å². The third-order valence-corrected chi connectivity index (χ3v) is 5.11. The van der Waals surface area contributed by atoms with Crippen LogP contribution < -0.4 is 14.8 Å². The Hall–Kier alpha value is -3.87. The van der Waals surface area contributed by atoms with E-state index in [1.165, 1.54) is 0 Å². The topological polar surface area (TPSA) is 78.3 Å². The normalized spacial score (nSPS) is 10.8. The molecule has 158 valence electrons. The molecule has 0 saturated heterocycles. The van der Waals surface area contributed by atoms with Gasteiger partial charge in [0.25, 0.3) is 0 Å². The second-order valence-corrected chi connectivity index (χ2v) is 7.06. The maximum absolute atomic E-state index is 12.3. The third-order valence-electron chi connectivity index (χ3n) is 5.11. The van der Waals surface area contributed by atoms with Crippen LogP contribution in [0.3, 0.4) is 0 Å². The van der Waals surface area contributed by atoms with Crippen molar-refractivity contribution in [2.75, 3.05) is 14.2 Å². The van der Waals surface area contributed by atoms with Gasteiger partial charge in [-0.15, -0.1) is 0 Å². The van der Waals surface area contributed by atoms with Gasteiger partial charge in [0.1, 0.15) is 12.1 Å². The average Bonchev–Trinajstić information content (AvgIpc) is 3.25. The lowest BCUT2D eigenvalue weighted by Crippen LogP contribution is -2.23. The number of carbonyl (C=O) groups excluding carboxylic acids is 1. The van der Waals surface area contributed by atoms with Crippen LogP contribution in [0.5, 0.6) is 11.5 Å². The Morgan fingerprint density at radius 3 is 2.65 bits per heavy atom. The summed E-state index contributed by atoms with van der Waals surface area (Å²) in [5.41, 5.74) is 3.80. The van der Waals surface area contributed by atoms with Crippen LogP contribution in [-0.4, -0.2) is 34.7 Å². The number of imidazole rings is 1. The van der Waals surface area contributed by atoms with Crippen molar-refractivity contribution in [2.24, 2.45) is 0 Å². The Balaban J connectivity index is 1.34. The van der Waals surface area contributed by atoms with Gasteiger partial charge >= 0.3 is 0 Å².